The monoisotopic (exact) mass is 462 g/mol. The molecule has 1 heterocycles. The van der Waals surface area contributed by atoms with Gasteiger partial charge in [-0.3, -0.25) is 9.59 Å². The maximum absolute atomic E-state index is 12.9. The molecule has 0 saturated carbocycles. The van der Waals surface area contributed by atoms with E-state index in [1.54, 1.807) is 0 Å². The minimum Gasteiger partial charge on any atom is -0.335 e. The number of hydrogen-bond donors (Lipinski definition) is 0. The molecule has 2 amide bonds. The van der Waals surface area contributed by atoms with Crippen molar-refractivity contribution in [3.63, 3.8) is 0 Å². The van der Waals surface area contributed by atoms with E-state index in [1.807, 2.05) is 0 Å². The average Bonchev–Trinajstić information content (AvgIpc) is 2.72. The maximum atomic E-state index is 12.9. The van der Waals surface area contributed by atoms with Crippen molar-refractivity contribution in [2.45, 2.75) is 16.6 Å². The van der Waals surface area contributed by atoms with Crippen LogP contribution >= 0.6 is 11.8 Å². The standard InChI is InChI=1S/C20H16F6N2O2S/c21-19(22,23)15-3-1-2-14(12-15)18(30)28-10-8-27(9-11-28)17(29)13-4-6-16(7-5-13)31-20(24,25)26/h1-7,12H,8-11H2. The highest BCUT2D eigenvalue weighted by Gasteiger charge is 2.32. The van der Waals surface area contributed by atoms with E-state index >= 15 is 0 Å². The van der Waals surface area contributed by atoms with Gasteiger partial charge in [0.25, 0.3) is 11.8 Å². The number of hydrogen-bond acceptors (Lipinski definition) is 3. The Morgan fingerprint density at radius 1 is 0.742 bits per heavy atom. The van der Waals surface area contributed by atoms with Gasteiger partial charge in [-0.05, 0) is 54.2 Å². The summed E-state index contributed by atoms with van der Waals surface area (Å²) in [4.78, 5) is 27.9. The molecule has 4 nitrogen and oxygen atoms in total. The van der Waals surface area contributed by atoms with Crippen molar-refractivity contribution in [1.82, 2.24) is 9.80 Å². The first-order chi connectivity index (χ1) is 14.4. The molecule has 1 fully saturated rings. The van der Waals surface area contributed by atoms with Crippen molar-refractivity contribution in [3.05, 3.63) is 65.2 Å². The van der Waals surface area contributed by atoms with Gasteiger partial charge in [-0.2, -0.15) is 26.3 Å². The lowest BCUT2D eigenvalue weighted by molar-refractivity contribution is -0.137. The summed E-state index contributed by atoms with van der Waals surface area (Å²) < 4.78 is 75.8. The maximum Gasteiger partial charge on any atom is 0.446 e. The number of amides is 2. The zero-order valence-electron chi connectivity index (χ0n) is 15.8. The lowest BCUT2D eigenvalue weighted by Gasteiger charge is -2.35. The number of carbonyl (C=O) groups excluding carboxylic acids is 2. The zero-order chi connectivity index (χ0) is 22.8. The number of carbonyl (C=O) groups is 2. The highest BCUT2D eigenvalue weighted by molar-refractivity contribution is 8.00. The van der Waals surface area contributed by atoms with Crippen molar-refractivity contribution >= 4 is 23.6 Å². The number of thioether (sulfide) groups is 1. The Morgan fingerprint density at radius 3 is 1.74 bits per heavy atom. The van der Waals surface area contributed by atoms with Gasteiger partial charge in [-0.25, -0.2) is 0 Å². The van der Waals surface area contributed by atoms with Crippen LogP contribution in [0.25, 0.3) is 0 Å². The van der Waals surface area contributed by atoms with Crippen LogP contribution in [0.3, 0.4) is 0 Å². The van der Waals surface area contributed by atoms with Crippen LogP contribution in [-0.4, -0.2) is 53.3 Å². The molecule has 1 aliphatic rings. The predicted octanol–water partition coefficient (Wildman–Crippen LogP) is 4.92. The largest absolute Gasteiger partial charge is 0.446 e. The molecule has 31 heavy (non-hydrogen) atoms. The van der Waals surface area contributed by atoms with Crippen molar-refractivity contribution in [3.8, 4) is 0 Å². The molecule has 1 aliphatic heterocycles. The Morgan fingerprint density at radius 2 is 1.26 bits per heavy atom. The second-order valence-electron chi connectivity index (χ2n) is 6.74. The zero-order valence-corrected chi connectivity index (χ0v) is 16.7. The van der Waals surface area contributed by atoms with Crippen LogP contribution in [-0.2, 0) is 6.18 Å². The normalized spacial score (nSPS) is 15.2. The van der Waals surface area contributed by atoms with Crippen LogP contribution in [0.4, 0.5) is 26.3 Å². The first kappa shape index (κ1) is 23.0. The summed E-state index contributed by atoms with van der Waals surface area (Å²) in [5.74, 6) is -0.957. The summed E-state index contributed by atoms with van der Waals surface area (Å²) in [5, 5.41) is 0. The molecular weight excluding hydrogens is 446 g/mol. The van der Waals surface area contributed by atoms with Gasteiger partial charge < -0.3 is 9.80 Å². The number of rotatable bonds is 3. The molecule has 0 atom stereocenters. The predicted molar refractivity (Wildman–Crippen MR) is 102 cm³/mol. The third-order valence-corrected chi connectivity index (χ3v) is 5.37. The highest BCUT2D eigenvalue weighted by Crippen LogP contribution is 2.36. The van der Waals surface area contributed by atoms with Gasteiger partial charge in [0.1, 0.15) is 0 Å². The molecule has 3 rings (SSSR count). The molecule has 1 saturated heterocycles. The van der Waals surface area contributed by atoms with E-state index in [-0.39, 0.29) is 54.0 Å². The van der Waals surface area contributed by atoms with Crippen LogP contribution in [0.15, 0.2) is 53.4 Å². The van der Waals surface area contributed by atoms with E-state index in [0.29, 0.717) is 0 Å². The third-order valence-electron chi connectivity index (χ3n) is 4.63. The van der Waals surface area contributed by atoms with Crippen LogP contribution < -0.4 is 0 Å². The van der Waals surface area contributed by atoms with Crippen LogP contribution in [0, 0.1) is 0 Å². The highest BCUT2D eigenvalue weighted by atomic mass is 32.2. The van der Waals surface area contributed by atoms with Gasteiger partial charge in [0, 0.05) is 42.2 Å². The summed E-state index contributed by atoms with van der Waals surface area (Å²) in [6.45, 7) is 0.566. The summed E-state index contributed by atoms with van der Waals surface area (Å²) in [7, 11) is 0. The van der Waals surface area contributed by atoms with Crippen molar-refractivity contribution < 1.29 is 35.9 Å². The fourth-order valence-electron chi connectivity index (χ4n) is 3.11. The Hall–Kier alpha value is -2.69. The number of nitrogens with zero attached hydrogens (tertiary/aromatic N) is 2. The molecule has 11 heteroatoms. The van der Waals surface area contributed by atoms with Gasteiger partial charge in [0.15, 0.2) is 0 Å². The average molecular weight is 462 g/mol. The number of alkyl halides is 6. The van der Waals surface area contributed by atoms with Crippen molar-refractivity contribution in [2.75, 3.05) is 26.2 Å². The van der Waals surface area contributed by atoms with Crippen molar-refractivity contribution in [1.29, 1.82) is 0 Å². The summed E-state index contributed by atoms with van der Waals surface area (Å²) in [5.41, 5.74) is -5.22. The number of benzene rings is 2. The van der Waals surface area contributed by atoms with E-state index in [9.17, 15) is 35.9 Å². The quantitative estimate of drug-likeness (QED) is 0.481. The minimum atomic E-state index is -4.56. The lowest BCUT2D eigenvalue weighted by Crippen LogP contribution is -2.50. The third kappa shape index (κ3) is 5.93. The lowest BCUT2D eigenvalue weighted by atomic mass is 10.1. The smallest absolute Gasteiger partial charge is 0.335 e. The summed E-state index contributed by atoms with van der Waals surface area (Å²) in [6.07, 6.45) is -4.56. The van der Waals surface area contributed by atoms with Gasteiger partial charge in [-0.1, -0.05) is 6.07 Å². The SMILES string of the molecule is O=C(c1ccc(SC(F)(F)F)cc1)N1CCN(C(=O)c2cccc(C(F)(F)F)c2)CC1. The number of piperazine rings is 1. The topological polar surface area (TPSA) is 40.6 Å². The van der Waals surface area contributed by atoms with Gasteiger partial charge >= 0.3 is 11.7 Å². The molecule has 0 N–H and O–H groups in total. The van der Waals surface area contributed by atoms with Crippen LogP contribution in [0.1, 0.15) is 26.3 Å². The van der Waals surface area contributed by atoms with Crippen LogP contribution in [0.2, 0.25) is 0 Å². The van der Waals surface area contributed by atoms with E-state index in [4.69, 9.17) is 0 Å². The van der Waals surface area contributed by atoms with E-state index < -0.39 is 29.1 Å². The van der Waals surface area contributed by atoms with E-state index in [2.05, 4.69) is 0 Å². The molecule has 0 bridgehead atoms. The summed E-state index contributed by atoms with van der Waals surface area (Å²) in [6, 6.07) is 9.16. The molecule has 0 unspecified atom stereocenters. The molecule has 0 aliphatic carbocycles. The first-order valence-electron chi connectivity index (χ1n) is 9.06. The molecule has 2 aromatic carbocycles. The Balaban J connectivity index is 1.60. The Bertz CT molecular complexity index is 951. The fourth-order valence-corrected chi connectivity index (χ4v) is 3.64. The molecular formula is C20H16F6N2O2S. The molecule has 2 aromatic rings. The minimum absolute atomic E-state index is 0.0412. The van der Waals surface area contributed by atoms with E-state index in [1.165, 1.54) is 40.1 Å². The summed E-state index contributed by atoms with van der Waals surface area (Å²) >= 11 is -0.279. The van der Waals surface area contributed by atoms with Gasteiger partial charge in [0.05, 0.1) is 5.56 Å². The first-order valence-corrected chi connectivity index (χ1v) is 9.87. The Kier molecular flexibility index (Phi) is 6.54. The van der Waals surface area contributed by atoms with Gasteiger partial charge in [0.2, 0.25) is 0 Å². The molecule has 166 valence electrons. The fraction of sp³-hybridized carbons (Fsp3) is 0.300. The molecule has 0 aromatic heterocycles. The van der Waals surface area contributed by atoms with Crippen molar-refractivity contribution in [2.24, 2.45) is 0 Å². The number of halogens is 6. The van der Waals surface area contributed by atoms with E-state index in [0.717, 1.165) is 18.2 Å². The second-order valence-corrected chi connectivity index (χ2v) is 7.87. The van der Waals surface area contributed by atoms with Crippen LogP contribution in [0.5, 0.6) is 0 Å². The Labute approximate surface area is 177 Å². The second kappa shape index (κ2) is 8.81. The molecule has 0 spiro atoms. The van der Waals surface area contributed by atoms with Gasteiger partial charge in [-0.15, -0.1) is 0 Å². The molecule has 0 radical (unpaired) electrons.